The van der Waals surface area contributed by atoms with Crippen molar-refractivity contribution >= 4 is 11.0 Å². The molecule has 0 spiro atoms. The van der Waals surface area contributed by atoms with Crippen molar-refractivity contribution in [1.29, 1.82) is 0 Å². The van der Waals surface area contributed by atoms with Crippen LogP contribution >= 0.6 is 0 Å². The third-order valence-electron chi connectivity index (χ3n) is 3.89. The number of nitrogens with zero attached hydrogens (tertiary/aromatic N) is 2. The Hall–Kier alpha value is -1.54. The number of hydrogen-bond acceptors (Lipinski definition) is 6. The number of fused-ring (bicyclic) bond motifs is 1. The average molecular weight is 309 g/mol. The quantitative estimate of drug-likeness (QED) is 0.644. The van der Waals surface area contributed by atoms with Gasteiger partial charge in [0.2, 0.25) is 0 Å². The highest BCUT2D eigenvalue weighted by atomic mass is 16.6. The van der Waals surface area contributed by atoms with E-state index >= 15 is 0 Å². The van der Waals surface area contributed by atoms with Crippen molar-refractivity contribution in [3.63, 3.8) is 0 Å². The molecule has 0 radical (unpaired) electrons. The van der Waals surface area contributed by atoms with Crippen LogP contribution in [0.2, 0.25) is 0 Å². The number of H-pyrrole nitrogens is 1. The number of ether oxygens (including phenoxy) is 1. The molecule has 1 saturated heterocycles. The lowest BCUT2D eigenvalue weighted by Crippen LogP contribution is -2.38. The number of aliphatic hydroxyl groups excluding tert-OH is 3. The molecule has 1 aliphatic heterocycles. The predicted molar refractivity (Wildman–Crippen MR) is 81.3 cm³/mol. The number of aryl methyl sites for hydroxylation is 1. The van der Waals surface area contributed by atoms with Gasteiger partial charge in [-0.15, -0.1) is 0 Å². The first-order valence-corrected chi connectivity index (χ1v) is 7.40. The van der Waals surface area contributed by atoms with Gasteiger partial charge in [-0.25, -0.2) is 9.97 Å². The normalized spacial score (nSPS) is 29.2. The van der Waals surface area contributed by atoms with Crippen LogP contribution in [0, 0.1) is 6.92 Å². The molecule has 0 amide bonds. The second kappa shape index (κ2) is 7.15. The lowest BCUT2D eigenvalue weighted by molar-refractivity contribution is -0.0627. The fourth-order valence-corrected chi connectivity index (χ4v) is 2.43. The topological polar surface area (TPSA) is 111 Å². The SMILES string of the molecule is CC[C@@H](O)[C@H]1O[C@@H](C)[C@H](O)[C@@H]1O.Cc1ncnc2[nH]ccc12. The van der Waals surface area contributed by atoms with E-state index in [1.165, 1.54) is 0 Å². The van der Waals surface area contributed by atoms with Gasteiger partial charge in [0, 0.05) is 11.6 Å². The fourth-order valence-electron chi connectivity index (χ4n) is 2.43. The molecule has 1 aliphatic rings. The summed E-state index contributed by atoms with van der Waals surface area (Å²) in [6, 6.07) is 1.98. The van der Waals surface area contributed by atoms with Crippen LogP contribution < -0.4 is 0 Å². The van der Waals surface area contributed by atoms with Gasteiger partial charge >= 0.3 is 0 Å². The van der Waals surface area contributed by atoms with E-state index in [-0.39, 0.29) is 0 Å². The maximum Gasteiger partial charge on any atom is 0.140 e. The number of hydrogen-bond donors (Lipinski definition) is 4. The second-order valence-corrected chi connectivity index (χ2v) is 5.46. The average Bonchev–Trinajstić information content (AvgIpc) is 3.09. The molecule has 22 heavy (non-hydrogen) atoms. The standard InChI is InChI=1S/C8H16O4.C7H7N3/c1-3-5(9)8-7(11)6(10)4(2)12-8;1-5-6-2-3-8-7(6)10-4-9-5/h4-11H,3H2,1-2H3;2-4H,1H3,(H,8,9,10)/t4-,5+,6-,7-,8+;/m0./s1. The number of aliphatic hydroxyl groups is 3. The van der Waals surface area contributed by atoms with Crippen LogP contribution in [0.3, 0.4) is 0 Å². The van der Waals surface area contributed by atoms with Crippen molar-refractivity contribution in [3.05, 3.63) is 24.3 Å². The molecule has 7 nitrogen and oxygen atoms in total. The third kappa shape index (κ3) is 3.44. The van der Waals surface area contributed by atoms with E-state index in [9.17, 15) is 15.3 Å². The Morgan fingerprint density at radius 3 is 2.59 bits per heavy atom. The maximum atomic E-state index is 9.39. The highest BCUT2D eigenvalue weighted by Gasteiger charge is 2.43. The first-order valence-electron chi connectivity index (χ1n) is 7.40. The van der Waals surface area contributed by atoms with Crippen LogP contribution in [0.5, 0.6) is 0 Å². The molecule has 7 heteroatoms. The summed E-state index contributed by atoms with van der Waals surface area (Å²) in [5.41, 5.74) is 1.93. The number of aromatic amines is 1. The lowest BCUT2D eigenvalue weighted by atomic mass is 10.0. The molecular formula is C15H23N3O4. The van der Waals surface area contributed by atoms with Crippen LogP contribution in [0.15, 0.2) is 18.6 Å². The first kappa shape index (κ1) is 16.8. The van der Waals surface area contributed by atoms with Crippen LogP contribution in [0.4, 0.5) is 0 Å². The van der Waals surface area contributed by atoms with Crippen LogP contribution in [0.25, 0.3) is 11.0 Å². The molecule has 3 rings (SSSR count). The van der Waals surface area contributed by atoms with E-state index < -0.39 is 30.5 Å². The maximum absolute atomic E-state index is 9.39. The summed E-state index contributed by atoms with van der Waals surface area (Å²) in [6.45, 7) is 5.45. The zero-order valence-corrected chi connectivity index (χ0v) is 13.0. The molecule has 0 unspecified atom stereocenters. The van der Waals surface area contributed by atoms with E-state index in [4.69, 9.17) is 4.74 Å². The van der Waals surface area contributed by atoms with Crippen molar-refractivity contribution < 1.29 is 20.1 Å². The summed E-state index contributed by atoms with van der Waals surface area (Å²) in [5.74, 6) is 0. The van der Waals surface area contributed by atoms with Crippen molar-refractivity contribution in [2.75, 3.05) is 0 Å². The van der Waals surface area contributed by atoms with Gasteiger partial charge in [0.05, 0.1) is 17.9 Å². The number of aromatic nitrogens is 3. The fraction of sp³-hybridized carbons (Fsp3) is 0.600. The largest absolute Gasteiger partial charge is 0.390 e. The van der Waals surface area contributed by atoms with Gasteiger partial charge in [-0.3, -0.25) is 0 Å². The molecule has 4 N–H and O–H groups in total. The lowest BCUT2D eigenvalue weighted by Gasteiger charge is -2.19. The molecule has 0 aliphatic carbocycles. The Bertz CT molecular complexity index is 603. The van der Waals surface area contributed by atoms with E-state index in [1.807, 2.05) is 19.2 Å². The van der Waals surface area contributed by atoms with Gasteiger partial charge in [-0.05, 0) is 26.3 Å². The molecule has 2 aromatic rings. The zero-order chi connectivity index (χ0) is 16.3. The molecular weight excluding hydrogens is 286 g/mol. The van der Waals surface area contributed by atoms with Gasteiger partial charge in [-0.1, -0.05) is 6.92 Å². The Morgan fingerprint density at radius 1 is 1.32 bits per heavy atom. The molecule has 2 aromatic heterocycles. The molecule has 1 fully saturated rings. The number of rotatable bonds is 2. The molecule has 122 valence electrons. The highest BCUT2D eigenvalue weighted by Crippen LogP contribution is 2.24. The smallest absolute Gasteiger partial charge is 0.140 e. The van der Waals surface area contributed by atoms with Crippen molar-refractivity contribution in [2.45, 2.75) is 57.7 Å². The summed E-state index contributed by atoms with van der Waals surface area (Å²) in [7, 11) is 0. The molecule has 0 aromatic carbocycles. The minimum Gasteiger partial charge on any atom is -0.390 e. The van der Waals surface area contributed by atoms with Gasteiger partial charge in [0.15, 0.2) is 0 Å². The van der Waals surface area contributed by atoms with Crippen molar-refractivity contribution in [2.24, 2.45) is 0 Å². The van der Waals surface area contributed by atoms with E-state index in [0.717, 1.165) is 16.7 Å². The zero-order valence-electron chi connectivity index (χ0n) is 13.0. The van der Waals surface area contributed by atoms with Crippen LogP contribution in [0.1, 0.15) is 26.0 Å². The van der Waals surface area contributed by atoms with E-state index in [1.54, 1.807) is 20.2 Å². The summed E-state index contributed by atoms with van der Waals surface area (Å²) in [5, 5.41) is 29.2. The Morgan fingerprint density at radius 2 is 2.05 bits per heavy atom. The Kier molecular flexibility index (Phi) is 5.47. The summed E-state index contributed by atoms with van der Waals surface area (Å²) in [6.07, 6.45) is 0.374. The van der Waals surface area contributed by atoms with Crippen LogP contribution in [-0.4, -0.2) is 60.8 Å². The van der Waals surface area contributed by atoms with Gasteiger partial charge in [0.1, 0.15) is 30.3 Å². The van der Waals surface area contributed by atoms with Gasteiger partial charge in [-0.2, -0.15) is 0 Å². The minimum atomic E-state index is -0.963. The van der Waals surface area contributed by atoms with Crippen molar-refractivity contribution in [1.82, 2.24) is 15.0 Å². The third-order valence-corrected chi connectivity index (χ3v) is 3.89. The summed E-state index contributed by atoms with van der Waals surface area (Å²) >= 11 is 0. The minimum absolute atomic E-state index is 0.397. The highest BCUT2D eigenvalue weighted by molar-refractivity contribution is 5.77. The van der Waals surface area contributed by atoms with E-state index in [0.29, 0.717) is 6.42 Å². The molecule has 3 heterocycles. The Labute approximate surface area is 129 Å². The summed E-state index contributed by atoms with van der Waals surface area (Å²) < 4.78 is 5.19. The van der Waals surface area contributed by atoms with E-state index in [2.05, 4.69) is 15.0 Å². The molecule has 5 atom stereocenters. The monoisotopic (exact) mass is 309 g/mol. The van der Waals surface area contributed by atoms with Crippen LogP contribution in [-0.2, 0) is 4.74 Å². The van der Waals surface area contributed by atoms with Crippen molar-refractivity contribution in [3.8, 4) is 0 Å². The Balaban J connectivity index is 0.000000162. The molecule has 0 saturated carbocycles. The number of nitrogens with one attached hydrogen (secondary N) is 1. The van der Waals surface area contributed by atoms with Gasteiger partial charge < -0.3 is 25.0 Å². The predicted octanol–water partition coefficient (Wildman–Crippen LogP) is 0.533. The summed E-state index contributed by atoms with van der Waals surface area (Å²) in [4.78, 5) is 11.1. The molecule has 0 bridgehead atoms. The van der Waals surface area contributed by atoms with Gasteiger partial charge in [0.25, 0.3) is 0 Å². The first-order chi connectivity index (χ1) is 10.5. The second-order valence-electron chi connectivity index (χ2n) is 5.46.